The molecule has 1 aromatic heterocycles. The third kappa shape index (κ3) is 4.66. The average molecular weight is 460 g/mol. The number of carbonyl (C=O) groups is 2. The Labute approximate surface area is 196 Å². The average Bonchev–Trinajstić information content (AvgIpc) is 3.23. The van der Waals surface area contributed by atoms with Crippen LogP contribution in [0.15, 0.2) is 71.1 Å². The Hall–Kier alpha value is -4.46. The van der Waals surface area contributed by atoms with Crippen molar-refractivity contribution in [1.29, 1.82) is 0 Å². The van der Waals surface area contributed by atoms with Crippen LogP contribution in [0.4, 0.5) is 11.4 Å². The topological polar surface area (TPSA) is 99.0 Å². The molecule has 4 aromatic rings. The molecule has 0 aliphatic carbocycles. The first-order valence-corrected chi connectivity index (χ1v) is 10.6. The summed E-state index contributed by atoms with van der Waals surface area (Å²) in [7, 11) is 3.01. The van der Waals surface area contributed by atoms with E-state index >= 15 is 0 Å². The van der Waals surface area contributed by atoms with Gasteiger partial charge in [0.2, 0.25) is 5.76 Å². The number of para-hydroxylation sites is 1. The maximum Gasteiger partial charge on any atom is 0.293 e. The number of fused-ring (bicyclic) bond motifs is 1. The maximum absolute atomic E-state index is 13.1. The molecule has 1 heterocycles. The van der Waals surface area contributed by atoms with Crippen molar-refractivity contribution in [3.05, 3.63) is 78.1 Å². The number of rotatable bonds is 8. The van der Waals surface area contributed by atoms with Crippen LogP contribution >= 0.6 is 0 Å². The molecule has 174 valence electrons. The molecule has 8 heteroatoms. The summed E-state index contributed by atoms with van der Waals surface area (Å²) in [6.07, 6.45) is 0. The lowest BCUT2D eigenvalue weighted by Crippen LogP contribution is -2.17. The highest BCUT2D eigenvalue weighted by atomic mass is 16.5. The van der Waals surface area contributed by atoms with Gasteiger partial charge in [-0.05, 0) is 61.5 Å². The van der Waals surface area contributed by atoms with Gasteiger partial charge >= 0.3 is 0 Å². The SMILES string of the molecule is CCOc1ccc(NC(=O)c2oc3ccccc3c2NC(=O)c2ccc(OC)c(OC)c2)cc1. The molecule has 0 unspecified atom stereocenters. The molecule has 0 saturated heterocycles. The van der Waals surface area contributed by atoms with E-state index in [1.165, 1.54) is 14.2 Å². The van der Waals surface area contributed by atoms with Crippen LogP contribution in [-0.4, -0.2) is 32.6 Å². The fourth-order valence-electron chi connectivity index (χ4n) is 3.48. The number of benzene rings is 3. The Morgan fingerprint density at radius 3 is 2.29 bits per heavy atom. The Kier molecular flexibility index (Phi) is 6.68. The first-order valence-electron chi connectivity index (χ1n) is 10.6. The quantitative estimate of drug-likeness (QED) is 0.368. The van der Waals surface area contributed by atoms with E-state index in [0.717, 1.165) is 0 Å². The van der Waals surface area contributed by atoms with Crippen molar-refractivity contribution in [2.45, 2.75) is 6.92 Å². The first-order chi connectivity index (χ1) is 16.5. The van der Waals surface area contributed by atoms with Gasteiger partial charge in [-0.3, -0.25) is 9.59 Å². The molecule has 0 saturated carbocycles. The molecule has 0 radical (unpaired) electrons. The van der Waals surface area contributed by atoms with Crippen LogP contribution in [-0.2, 0) is 0 Å². The Morgan fingerprint density at radius 1 is 0.853 bits per heavy atom. The minimum absolute atomic E-state index is 0.0103. The van der Waals surface area contributed by atoms with Crippen LogP contribution in [0.2, 0.25) is 0 Å². The highest BCUT2D eigenvalue weighted by Crippen LogP contribution is 2.33. The molecule has 34 heavy (non-hydrogen) atoms. The van der Waals surface area contributed by atoms with Crippen molar-refractivity contribution in [3.8, 4) is 17.2 Å². The molecule has 0 atom stereocenters. The van der Waals surface area contributed by atoms with Crippen molar-refractivity contribution < 1.29 is 28.2 Å². The van der Waals surface area contributed by atoms with Crippen LogP contribution in [0.25, 0.3) is 11.0 Å². The summed E-state index contributed by atoms with van der Waals surface area (Å²) < 4.78 is 21.8. The number of carbonyl (C=O) groups excluding carboxylic acids is 2. The van der Waals surface area contributed by atoms with Crippen LogP contribution in [0.1, 0.15) is 27.8 Å². The highest BCUT2D eigenvalue weighted by molar-refractivity contribution is 6.17. The minimum atomic E-state index is -0.497. The van der Waals surface area contributed by atoms with Crippen molar-refractivity contribution in [1.82, 2.24) is 0 Å². The molecule has 8 nitrogen and oxygen atoms in total. The first kappa shape index (κ1) is 22.7. The van der Waals surface area contributed by atoms with E-state index in [1.807, 2.05) is 6.92 Å². The molecule has 0 bridgehead atoms. The molecule has 2 N–H and O–H groups in total. The van der Waals surface area contributed by atoms with E-state index in [2.05, 4.69) is 10.6 Å². The monoisotopic (exact) mass is 460 g/mol. The lowest BCUT2D eigenvalue weighted by molar-refractivity contribution is 0.0999. The van der Waals surface area contributed by atoms with E-state index in [4.69, 9.17) is 18.6 Å². The summed E-state index contributed by atoms with van der Waals surface area (Å²) in [4.78, 5) is 26.2. The molecular weight excluding hydrogens is 436 g/mol. The summed E-state index contributed by atoms with van der Waals surface area (Å²) in [5.41, 5.74) is 1.65. The smallest absolute Gasteiger partial charge is 0.293 e. The Balaban J connectivity index is 1.63. The Bertz CT molecular complexity index is 1330. The number of hydrogen-bond acceptors (Lipinski definition) is 6. The zero-order chi connectivity index (χ0) is 24.1. The van der Waals surface area contributed by atoms with Gasteiger partial charge in [-0.25, -0.2) is 0 Å². The van der Waals surface area contributed by atoms with Gasteiger partial charge in [0.1, 0.15) is 17.0 Å². The van der Waals surface area contributed by atoms with Gasteiger partial charge in [-0.1, -0.05) is 12.1 Å². The summed E-state index contributed by atoms with van der Waals surface area (Å²) in [5.74, 6) is 0.686. The molecule has 4 rings (SSSR count). The van der Waals surface area contributed by atoms with Crippen LogP contribution in [0, 0.1) is 0 Å². The predicted molar refractivity (Wildman–Crippen MR) is 129 cm³/mol. The standard InChI is InChI=1S/C26H24N2O6/c1-4-33-18-12-10-17(11-13-18)27-26(30)24-23(19-7-5-6-8-20(19)34-24)28-25(29)16-9-14-21(31-2)22(15-16)32-3/h5-15H,4H2,1-3H3,(H,27,30)(H,28,29). The van der Waals surface area contributed by atoms with Gasteiger partial charge in [-0.15, -0.1) is 0 Å². The third-order valence-corrected chi connectivity index (χ3v) is 5.11. The third-order valence-electron chi connectivity index (χ3n) is 5.11. The number of amides is 2. The lowest BCUT2D eigenvalue weighted by atomic mass is 10.1. The number of nitrogens with one attached hydrogen (secondary N) is 2. The predicted octanol–water partition coefficient (Wildman–Crippen LogP) is 5.35. The zero-order valence-electron chi connectivity index (χ0n) is 19.0. The number of hydrogen-bond donors (Lipinski definition) is 2. The molecule has 3 aromatic carbocycles. The van der Waals surface area contributed by atoms with E-state index in [-0.39, 0.29) is 11.4 Å². The van der Waals surface area contributed by atoms with E-state index in [9.17, 15) is 9.59 Å². The molecule has 0 spiro atoms. The largest absolute Gasteiger partial charge is 0.494 e. The zero-order valence-corrected chi connectivity index (χ0v) is 19.0. The second-order valence-electron chi connectivity index (χ2n) is 7.24. The summed E-state index contributed by atoms with van der Waals surface area (Å²) in [6.45, 7) is 2.45. The lowest BCUT2D eigenvalue weighted by Gasteiger charge is -2.11. The highest BCUT2D eigenvalue weighted by Gasteiger charge is 2.23. The fraction of sp³-hybridized carbons (Fsp3) is 0.154. The van der Waals surface area contributed by atoms with Crippen LogP contribution in [0.3, 0.4) is 0 Å². The van der Waals surface area contributed by atoms with Crippen LogP contribution < -0.4 is 24.8 Å². The summed E-state index contributed by atoms with van der Waals surface area (Å²) in [5, 5.41) is 6.23. The summed E-state index contributed by atoms with van der Waals surface area (Å²) in [6, 6.07) is 18.9. The van der Waals surface area contributed by atoms with Crippen molar-refractivity contribution in [2.24, 2.45) is 0 Å². The number of ether oxygens (including phenoxy) is 3. The van der Waals surface area contributed by atoms with Gasteiger partial charge in [0.15, 0.2) is 11.5 Å². The van der Waals surface area contributed by atoms with Crippen molar-refractivity contribution in [3.63, 3.8) is 0 Å². The van der Waals surface area contributed by atoms with Gasteiger partial charge < -0.3 is 29.3 Å². The van der Waals surface area contributed by atoms with Gasteiger partial charge in [0.05, 0.1) is 20.8 Å². The Morgan fingerprint density at radius 2 is 1.59 bits per heavy atom. The fourth-order valence-corrected chi connectivity index (χ4v) is 3.48. The van der Waals surface area contributed by atoms with Crippen molar-refractivity contribution in [2.75, 3.05) is 31.5 Å². The van der Waals surface area contributed by atoms with Crippen molar-refractivity contribution >= 4 is 34.2 Å². The molecule has 2 amide bonds. The maximum atomic E-state index is 13.1. The second kappa shape index (κ2) is 9.99. The van der Waals surface area contributed by atoms with Gasteiger partial charge in [0, 0.05) is 16.6 Å². The minimum Gasteiger partial charge on any atom is -0.494 e. The van der Waals surface area contributed by atoms with Gasteiger partial charge in [0.25, 0.3) is 11.8 Å². The molecule has 0 aliphatic heterocycles. The summed E-state index contributed by atoms with van der Waals surface area (Å²) >= 11 is 0. The number of anilines is 2. The molecule has 0 fully saturated rings. The molecular formula is C26H24N2O6. The van der Waals surface area contributed by atoms with Crippen LogP contribution in [0.5, 0.6) is 17.2 Å². The van der Waals surface area contributed by atoms with Gasteiger partial charge in [-0.2, -0.15) is 0 Å². The van der Waals surface area contributed by atoms with E-state index < -0.39 is 11.8 Å². The van der Waals surface area contributed by atoms with E-state index in [0.29, 0.717) is 46.1 Å². The molecule has 0 aliphatic rings. The second-order valence-corrected chi connectivity index (χ2v) is 7.24. The number of furan rings is 1. The normalized spacial score (nSPS) is 10.6. The number of methoxy groups -OCH3 is 2. The van der Waals surface area contributed by atoms with E-state index in [1.54, 1.807) is 66.7 Å².